The van der Waals surface area contributed by atoms with Gasteiger partial charge in [0.05, 0.1) is 23.1 Å². The van der Waals surface area contributed by atoms with E-state index in [1.807, 2.05) is 0 Å². The molecule has 1 aromatic heterocycles. The average molecular weight is 341 g/mol. The van der Waals surface area contributed by atoms with Gasteiger partial charge in [-0.1, -0.05) is 12.1 Å². The van der Waals surface area contributed by atoms with Gasteiger partial charge in [0.25, 0.3) is 0 Å². The summed E-state index contributed by atoms with van der Waals surface area (Å²) in [6.07, 6.45) is -0.286. The number of anilines is 1. The lowest BCUT2D eigenvalue weighted by atomic mass is 10.0. The molecule has 2 aromatic carbocycles. The van der Waals surface area contributed by atoms with Crippen molar-refractivity contribution in [2.75, 3.05) is 5.32 Å². The zero-order chi connectivity index (χ0) is 18.1. The highest BCUT2D eigenvalue weighted by Gasteiger charge is 2.18. The van der Waals surface area contributed by atoms with Gasteiger partial charge in [-0.05, 0) is 49.2 Å². The summed E-state index contributed by atoms with van der Waals surface area (Å²) < 4.78 is 18.9. The number of hydrogen-bond acceptors (Lipinski definition) is 4. The predicted octanol–water partition coefficient (Wildman–Crippen LogP) is 3.44. The van der Waals surface area contributed by atoms with Crippen molar-refractivity contribution in [1.82, 2.24) is 0 Å². The molecule has 0 radical (unpaired) electrons. The maximum atomic E-state index is 13.6. The Bertz CT molecular complexity index is 1040. The fourth-order valence-electron chi connectivity index (χ4n) is 2.78. The summed E-state index contributed by atoms with van der Waals surface area (Å²) in [6.45, 7) is 3.41. The van der Waals surface area contributed by atoms with Gasteiger partial charge < -0.3 is 14.8 Å². The normalized spacial score (nSPS) is 10.8. The number of carbonyl (C=O) groups is 1. The number of rotatable bonds is 3. The topological polar surface area (TPSA) is 79.5 Å². The van der Waals surface area contributed by atoms with Crippen LogP contribution in [0.3, 0.4) is 0 Å². The van der Waals surface area contributed by atoms with Crippen LogP contribution in [0.1, 0.15) is 16.7 Å². The highest BCUT2D eigenvalue weighted by atomic mass is 19.1. The number of benzene rings is 2. The number of amides is 1. The first kappa shape index (κ1) is 16.7. The lowest BCUT2D eigenvalue weighted by molar-refractivity contribution is -0.115. The van der Waals surface area contributed by atoms with Crippen molar-refractivity contribution in [3.8, 4) is 5.75 Å². The monoisotopic (exact) mass is 341 g/mol. The van der Waals surface area contributed by atoms with Gasteiger partial charge in [0.1, 0.15) is 17.1 Å². The minimum absolute atomic E-state index is 0.0213. The van der Waals surface area contributed by atoms with Crippen molar-refractivity contribution in [2.24, 2.45) is 0 Å². The average Bonchev–Trinajstić information content (AvgIpc) is 2.52. The highest BCUT2D eigenvalue weighted by Crippen LogP contribution is 2.30. The molecule has 25 heavy (non-hydrogen) atoms. The second-order valence-corrected chi connectivity index (χ2v) is 5.86. The molecule has 0 atom stereocenters. The zero-order valence-corrected chi connectivity index (χ0v) is 13.7. The molecule has 5 nitrogen and oxygen atoms in total. The van der Waals surface area contributed by atoms with Gasteiger partial charge in [0.2, 0.25) is 5.91 Å². The molecular weight excluding hydrogens is 325 g/mol. The van der Waals surface area contributed by atoms with Crippen molar-refractivity contribution in [3.05, 3.63) is 69.3 Å². The summed E-state index contributed by atoms with van der Waals surface area (Å²) in [5.74, 6) is -1.13. The maximum Gasteiger partial charge on any atom is 0.340 e. The molecule has 6 heteroatoms. The van der Waals surface area contributed by atoms with Crippen LogP contribution in [0.5, 0.6) is 5.75 Å². The number of phenols is 1. The first-order chi connectivity index (χ1) is 11.9. The lowest BCUT2D eigenvalue weighted by Gasteiger charge is -2.10. The Morgan fingerprint density at radius 2 is 1.96 bits per heavy atom. The molecule has 1 heterocycles. The summed E-state index contributed by atoms with van der Waals surface area (Å²) in [5.41, 5.74) is 0.983. The maximum absolute atomic E-state index is 13.6. The third-order valence-corrected chi connectivity index (χ3v) is 3.99. The molecular formula is C19H16FNO4. The Balaban J connectivity index is 1.98. The predicted molar refractivity (Wildman–Crippen MR) is 92.4 cm³/mol. The number of hydrogen-bond donors (Lipinski definition) is 2. The minimum atomic E-state index is -0.654. The summed E-state index contributed by atoms with van der Waals surface area (Å²) in [5, 5.41) is 13.0. The molecule has 1 amide bonds. The molecule has 0 fully saturated rings. The van der Waals surface area contributed by atoms with Gasteiger partial charge in [0, 0.05) is 0 Å². The van der Waals surface area contributed by atoms with Crippen molar-refractivity contribution < 1.29 is 18.7 Å². The van der Waals surface area contributed by atoms with E-state index >= 15 is 0 Å². The van der Waals surface area contributed by atoms with Crippen molar-refractivity contribution in [1.29, 1.82) is 0 Å². The quantitative estimate of drug-likeness (QED) is 0.715. The number of nitrogens with one attached hydrogen (secondary N) is 1. The Kier molecular flexibility index (Phi) is 4.27. The van der Waals surface area contributed by atoms with E-state index in [4.69, 9.17) is 4.42 Å². The molecule has 0 bridgehead atoms. The number of halogens is 1. The molecule has 2 N–H and O–H groups in total. The molecule has 0 spiro atoms. The van der Waals surface area contributed by atoms with Gasteiger partial charge >= 0.3 is 5.63 Å². The minimum Gasteiger partial charge on any atom is -0.507 e. The Labute approximate surface area is 142 Å². The number of aromatic hydroxyl groups is 1. The van der Waals surface area contributed by atoms with Gasteiger partial charge in [-0.25, -0.2) is 9.18 Å². The van der Waals surface area contributed by atoms with Gasteiger partial charge in [-0.15, -0.1) is 0 Å². The summed E-state index contributed by atoms with van der Waals surface area (Å²) >= 11 is 0. The highest BCUT2D eigenvalue weighted by molar-refractivity contribution is 5.94. The molecule has 0 aliphatic rings. The van der Waals surface area contributed by atoms with E-state index in [0.717, 1.165) is 5.56 Å². The smallest absolute Gasteiger partial charge is 0.340 e. The van der Waals surface area contributed by atoms with Gasteiger partial charge in [0.15, 0.2) is 0 Å². The Morgan fingerprint density at radius 3 is 2.68 bits per heavy atom. The van der Waals surface area contributed by atoms with E-state index in [0.29, 0.717) is 10.9 Å². The van der Waals surface area contributed by atoms with E-state index in [-0.39, 0.29) is 29.0 Å². The van der Waals surface area contributed by atoms with E-state index in [1.54, 1.807) is 32.0 Å². The zero-order valence-electron chi connectivity index (χ0n) is 13.7. The molecule has 3 aromatic rings. The lowest BCUT2D eigenvalue weighted by Crippen LogP contribution is -2.21. The molecule has 0 aliphatic carbocycles. The third-order valence-electron chi connectivity index (χ3n) is 3.99. The van der Waals surface area contributed by atoms with Crippen LogP contribution in [0.25, 0.3) is 11.0 Å². The number of carbonyl (C=O) groups excluding carboxylic acids is 1. The molecule has 3 rings (SSSR count). The van der Waals surface area contributed by atoms with Gasteiger partial charge in [-0.2, -0.15) is 0 Å². The largest absolute Gasteiger partial charge is 0.507 e. The fraction of sp³-hybridized carbons (Fsp3) is 0.158. The fourth-order valence-corrected chi connectivity index (χ4v) is 2.78. The SMILES string of the molecule is Cc1cc(O)c2c(C)c(CC(=O)Nc3ccccc3F)c(=O)oc2c1. The Morgan fingerprint density at radius 1 is 1.24 bits per heavy atom. The van der Waals surface area contributed by atoms with Crippen LogP contribution in [0, 0.1) is 19.7 Å². The summed E-state index contributed by atoms with van der Waals surface area (Å²) in [6, 6.07) is 8.96. The second kappa shape index (κ2) is 6.39. The van der Waals surface area contributed by atoms with Gasteiger partial charge in [-0.3, -0.25) is 4.79 Å². The van der Waals surface area contributed by atoms with Crippen LogP contribution in [0.2, 0.25) is 0 Å². The van der Waals surface area contributed by atoms with Crippen molar-refractivity contribution >= 4 is 22.6 Å². The van der Waals surface area contributed by atoms with E-state index in [1.165, 1.54) is 18.2 Å². The van der Waals surface area contributed by atoms with Crippen LogP contribution < -0.4 is 10.9 Å². The summed E-state index contributed by atoms with van der Waals surface area (Å²) in [7, 11) is 0. The van der Waals surface area contributed by atoms with Crippen LogP contribution in [0.4, 0.5) is 10.1 Å². The summed E-state index contributed by atoms with van der Waals surface area (Å²) in [4.78, 5) is 24.4. The number of para-hydroxylation sites is 1. The molecule has 128 valence electrons. The first-order valence-corrected chi connectivity index (χ1v) is 7.67. The number of phenolic OH excluding ortho intramolecular Hbond substituents is 1. The van der Waals surface area contributed by atoms with E-state index in [2.05, 4.69) is 5.32 Å². The number of fused-ring (bicyclic) bond motifs is 1. The van der Waals surface area contributed by atoms with Crippen molar-refractivity contribution in [2.45, 2.75) is 20.3 Å². The molecule has 0 saturated heterocycles. The standard InChI is InChI=1S/C19H16FNO4/c1-10-7-15(22)18-11(2)12(19(24)25-16(18)8-10)9-17(23)21-14-6-4-3-5-13(14)20/h3-8,22H,9H2,1-2H3,(H,21,23). The van der Waals surface area contributed by atoms with E-state index < -0.39 is 17.3 Å². The van der Waals surface area contributed by atoms with Crippen LogP contribution in [0.15, 0.2) is 45.6 Å². The Hall–Kier alpha value is -3.15. The molecule has 0 unspecified atom stereocenters. The first-order valence-electron chi connectivity index (χ1n) is 7.67. The molecule has 0 saturated carbocycles. The van der Waals surface area contributed by atoms with E-state index in [9.17, 15) is 19.1 Å². The third kappa shape index (κ3) is 3.24. The van der Waals surface area contributed by atoms with Crippen LogP contribution in [-0.4, -0.2) is 11.0 Å². The van der Waals surface area contributed by atoms with Crippen LogP contribution >= 0.6 is 0 Å². The van der Waals surface area contributed by atoms with Crippen LogP contribution in [-0.2, 0) is 11.2 Å². The number of aryl methyl sites for hydroxylation is 2. The van der Waals surface area contributed by atoms with Crippen molar-refractivity contribution in [3.63, 3.8) is 0 Å². The molecule has 0 aliphatic heterocycles. The second-order valence-electron chi connectivity index (χ2n) is 5.86.